The highest BCUT2D eigenvalue weighted by atomic mass is 32.2. The molecule has 152 valence electrons. The number of carbonyl (C=O) groups excluding carboxylic acids is 2. The summed E-state index contributed by atoms with van der Waals surface area (Å²) < 4.78 is 16.9. The molecule has 0 unspecified atom stereocenters. The first-order valence-corrected chi connectivity index (χ1v) is 10.5. The van der Waals surface area contributed by atoms with Crippen molar-refractivity contribution in [2.45, 2.75) is 44.1 Å². The average molecular weight is 425 g/mol. The highest BCUT2D eigenvalue weighted by Gasteiger charge is 2.14. The number of aromatic nitrogens is 1. The summed E-state index contributed by atoms with van der Waals surface area (Å²) in [5, 5.41) is 3.21. The number of anilines is 1. The van der Waals surface area contributed by atoms with Crippen molar-refractivity contribution in [3.8, 4) is 11.5 Å². The van der Waals surface area contributed by atoms with Crippen LogP contribution in [0.4, 0.5) is 5.13 Å². The van der Waals surface area contributed by atoms with Crippen molar-refractivity contribution in [1.29, 1.82) is 0 Å². The van der Waals surface area contributed by atoms with E-state index in [2.05, 4.69) is 15.0 Å². The molecule has 0 aliphatic heterocycles. The fraction of sp³-hybridized carbons (Fsp3) is 0.421. The zero-order chi connectivity index (χ0) is 20.7. The first-order valence-electron chi connectivity index (χ1n) is 8.72. The molecular formula is C19H24N2O5S2. The van der Waals surface area contributed by atoms with Crippen LogP contribution in [0.15, 0.2) is 28.6 Å². The third-order valence-corrected chi connectivity index (χ3v) is 5.23. The molecule has 0 saturated carbocycles. The lowest BCUT2D eigenvalue weighted by molar-refractivity contribution is -0.137. The molecule has 0 spiro atoms. The largest absolute Gasteiger partial charge is 0.491 e. The van der Waals surface area contributed by atoms with Crippen LogP contribution in [-0.4, -0.2) is 41.9 Å². The fourth-order valence-electron chi connectivity index (χ4n) is 2.13. The summed E-state index contributed by atoms with van der Waals surface area (Å²) in [6.07, 6.45) is 1.55. The van der Waals surface area contributed by atoms with Crippen LogP contribution in [0.1, 0.15) is 38.1 Å². The van der Waals surface area contributed by atoms with Gasteiger partial charge in [0.2, 0.25) is 0 Å². The molecule has 0 fully saturated rings. The van der Waals surface area contributed by atoms with E-state index in [1.165, 1.54) is 30.2 Å². The van der Waals surface area contributed by atoms with Crippen molar-refractivity contribution in [1.82, 2.24) is 4.98 Å². The molecule has 0 bridgehead atoms. The van der Waals surface area contributed by atoms with Crippen molar-refractivity contribution >= 4 is 40.1 Å². The van der Waals surface area contributed by atoms with Gasteiger partial charge in [-0.1, -0.05) is 11.3 Å². The second kappa shape index (κ2) is 10.3. The van der Waals surface area contributed by atoms with Gasteiger partial charge in [0.05, 0.1) is 35.5 Å². The molecule has 1 N–H and O–H groups in total. The Balaban J connectivity index is 2.12. The summed E-state index contributed by atoms with van der Waals surface area (Å²) in [6.45, 7) is 7.66. The molecule has 1 aromatic heterocycles. The SMILES string of the molecule is COC(=O)CSc1cnc(NC(=O)c2cc(OC(C)C)cc(OC(C)C)c2)s1. The number of nitrogens with one attached hydrogen (secondary N) is 1. The summed E-state index contributed by atoms with van der Waals surface area (Å²) in [5.74, 6) is 0.681. The predicted molar refractivity (Wildman–Crippen MR) is 111 cm³/mol. The lowest BCUT2D eigenvalue weighted by Crippen LogP contribution is -2.14. The number of thioether (sulfide) groups is 1. The molecule has 2 rings (SSSR count). The number of esters is 1. The number of ether oxygens (including phenoxy) is 3. The predicted octanol–water partition coefficient (Wildman–Crippen LogP) is 4.23. The Morgan fingerprint density at radius 1 is 1.11 bits per heavy atom. The van der Waals surface area contributed by atoms with Crippen molar-refractivity contribution in [2.24, 2.45) is 0 Å². The molecular weight excluding hydrogens is 400 g/mol. The smallest absolute Gasteiger partial charge is 0.316 e. The Labute approximate surface area is 172 Å². The molecule has 28 heavy (non-hydrogen) atoms. The van der Waals surface area contributed by atoms with Crippen LogP contribution in [0.2, 0.25) is 0 Å². The minimum Gasteiger partial charge on any atom is -0.491 e. The fourth-order valence-corrected chi connectivity index (χ4v) is 3.82. The second-order valence-electron chi connectivity index (χ2n) is 6.33. The van der Waals surface area contributed by atoms with Crippen molar-refractivity contribution in [3.63, 3.8) is 0 Å². The highest BCUT2D eigenvalue weighted by molar-refractivity contribution is 8.01. The van der Waals surface area contributed by atoms with Crippen molar-refractivity contribution in [3.05, 3.63) is 30.0 Å². The van der Waals surface area contributed by atoms with Crippen LogP contribution in [0.5, 0.6) is 11.5 Å². The minimum atomic E-state index is -0.318. The third kappa shape index (κ3) is 7.05. The number of amides is 1. The van der Waals surface area contributed by atoms with Gasteiger partial charge < -0.3 is 14.2 Å². The van der Waals surface area contributed by atoms with Gasteiger partial charge in [-0.3, -0.25) is 14.9 Å². The molecule has 0 radical (unpaired) electrons. The molecule has 1 heterocycles. The van der Waals surface area contributed by atoms with Gasteiger partial charge in [0.25, 0.3) is 5.91 Å². The van der Waals surface area contributed by atoms with Gasteiger partial charge in [-0.2, -0.15) is 0 Å². The molecule has 0 atom stereocenters. The Kier molecular flexibility index (Phi) is 8.13. The summed E-state index contributed by atoms with van der Waals surface area (Å²) >= 11 is 2.59. The first-order chi connectivity index (χ1) is 13.3. The maximum absolute atomic E-state index is 12.7. The monoisotopic (exact) mass is 424 g/mol. The number of hydrogen-bond donors (Lipinski definition) is 1. The van der Waals surface area contributed by atoms with E-state index in [-0.39, 0.29) is 29.8 Å². The number of rotatable bonds is 9. The van der Waals surface area contributed by atoms with E-state index in [4.69, 9.17) is 9.47 Å². The summed E-state index contributed by atoms with van der Waals surface area (Å²) in [6, 6.07) is 5.10. The Bertz CT molecular complexity index is 792. The number of thiazole rings is 1. The average Bonchev–Trinajstić information content (AvgIpc) is 3.05. The quantitative estimate of drug-likeness (QED) is 0.476. The highest BCUT2D eigenvalue weighted by Crippen LogP contribution is 2.29. The molecule has 0 aliphatic rings. The Hall–Kier alpha value is -2.26. The molecule has 1 amide bonds. The van der Waals surface area contributed by atoms with Crippen LogP contribution >= 0.6 is 23.1 Å². The zero-order valence-electron chi connectivity index (χ0n) is 16.5. The van der Waals surface area contributed by atoms with E-state index < -0.39 is 0 Å². The number of hydrogen-bond acceptors (Lipinski definition) is 8. The van der Waals surface area contributed by atoms with E-state index >= 15 is 0 Å². The standard InChI is InChI=1S/C19H24N2O5S2/c1-11(2)25-14-6-13(7-15(8-14)26-12(3)4)18(23)21-19-20-9-17(28-19)27-10-16(22)24-5/h6-9,11-12H,10H2,1-5H3,(H,20,21,23). The van der Waals surface area contributed by atoms with E-state index in [0.717, 1.165) is 4.21 Å². The van der Waals surface area contributed by atoms with Crippen LogP contribution in [0.25, 0.3) is 0 Å². The van der Waals surface area contributed by atoms with Crippen molar-refractivity contribution in [2.75, 3.05) is 18.2 Å². The number of nitrogens with zero attached hydrogens (tertiary/aromatic N) is 1. The minimum absolute atomic E-state index is 0.0291. The lowest BCUT2D eigenvalue weighted by atomic mass is 10.2. The molecule has 9 heteroatoms. The van der Waals surface area contributed by atoms with Crippen molar-refractivity contribution < 1.29 is 23.8 Å². The van der Waals surface area contributed by atoms with Crippen LogP contribution in [0.3, 0.4) is 0 Å². The first kappa shape index (κ1) is 22.0. The van der Waals surface area contributed by atoms with Crippen LogP contribution in [-0.2, 0) is 9.53 Å². The lowest BCUT2D eigenvalue weighted by Gasteiger charge is -2.15. The van der Waals surface area contributed by atoms with E-state index in [9.17, 15) is 9.59 Å². The van der Waals surface area contributed by atoms with E-state index in [1.807, 2.05) is 27.7 Å². The van der Waals surface area contributed by atoms with Gasteiger partial charge in [-0.15, -0.1) is 11.8 Å². The molecule has 0 saturated heterocycles. The topological polar surface area (TPSA) is 86.8 Å². The van der Waals surface area contributed by atoms with E-state index in [0.29, 0.717) is 22.2 Å². The molecule has 1 aromatic carbocycles. The summed E-state index contributed by atoms with van der Waals surface area (Å²) in [5.41, 5.74) is 0.410. The van der Waals surface area contributed by atoms with E-state index in [1.54, 1.807) is 24.4 Å². The summed E-state index contributed by atoms with van der Waals surface area (Å²) in [4.78, 5) is 28.1. The van der Waals surface area contributed by atoms with Crippen LogP contribution < -0.4 is 14.8 Å². The Morgan fingerprint density at radius 2 is 1.71 bits per heavy atom. The summed E-state index contributed by atoms with van der Waals surface area (Å²) in [7, 11) is 1.34. The Morgan fingerprint density at radius 3 is 2.25 bits per heavy atom. The normalized spacial score (nSPS) is 10.8. The third-order valence-electron chi connectivity index (χ3n) is 3.15. The van der Waals surface area contributed by atoms with Gasteiger partial charge >= 0.3 is 5.97 Å². The van der Waals surface area contributed by atoms with Gasteiger partial charge in [0.15, 0.2) is 5.13 Å². The van der Waals surface area contributed by atoms with Gasteiger partial charge in [0, 0.05) is 11.6 Å². The number of methoxy groups -OCH3 is 1. The van der Waals surface area contributed by atoms with Gasteiger partial charge in [-0.05, 0) is 39.8 Å². The molecule has 2 aromatic rings. The molecule has 0 aliphatic carbocycles. The number of benzene rings is 1. The van der Waals surface area contributed by atoms with Gasteiger partial charge in [0.1, 0.15) is 11.5 Å². The molecule has 7 nitrogen and oxygen atoms in total. The second-order valence-corrected chi connectivity index (χ2v) is 8.64. The maximum atomic E-state index is 12.7. The van der Waals surface area contributed by atoms with Gasteiger partial charge in [-0.25, -0.2) is 4.98 Å². The van der Waals surface area contributed by atoms with Crippen LogP contribution in [0, 0.1) is 0 Å². The zero-order valence-corrected chi connectivity index (χ0v) is 18.1. The maximum Gasteiger partial charge on any atom is 0.316 e. The number of carbonyl (C=O) groups is 2.